The van der Waals surface area contributed by atoms with Crippen LogP contribution >= 0.6 is 11.3 Å². The Balaban J connectivity index is 1.21. The van der Waals surface area contributed by atoms with Crippen molar-refractivity contribution in [3.8, 4) is 0 Å². The standard InChI is InChI=1S/C20H26N6O2S/c1-14-17(25-9-11-29-20(25)22-14)12-24-7-3-16(4-8-24)26-18(2-6-21-26)23-19(27)15-5-10-28-13-15/h2,6,9,11,15-16H,3-5,7-8,10,12-13H2,1H3,(H,23,27)/t15-/m0/s1. The molecule has 29 heavy (non-hydrogen) atoms. The number of rotatable bonds is 5. The van der Waals surface area contributed by atoms with E-state index in [-0.39, 0.29) is 11.8 Å². The number of hydrogen-bond donors (Lipinski definition) is 1. The van der Waals surface area contributed by atoms with Crippen molar-refractivity contribution < 1.29 is 9.53 Å². The largest absolute Gasteiger partial charge is 0.381 e. The summed E-state index contributed by atoms with van der Waals surface area (Å²) in [5.41, 5.74) is 2.40. The third-order valence-corrected chi connectivity index (χ3v) is 6.82. The lowest BCUT2D eigenvalue weighted by Gasteiger charge is -2.32. The Hall–Kier alpha value is -2.23. The van der Waals surface area contributed by atoms with Crippen LogP contribution in [0.5, 0.6) is 0 Å². The van der Waals surface area contributed by atoms with E-state index in [4.69, 9.17) is 4.74 Å². The van der Waals surface area contributed by atoms with E-state index in [0.29, 0.717) is 19.3 Å². The molecule has 154 valence electrons. The average Bonchev–Trinajstić information content (AvgIpc) is 3.50. The summed E-state index contributed by atoms with van der Waals surface area (Å²) in [6.45, 7) is 6.21. The number of hydrogen-bond acceptors (Lipinski definition) is 6. The fourth-order valence-corrected chi connectivity index (χ4v) is 5.12. The molecule has 2 fully saturated rings. The fourth-order valence-electron chi connectivity index (χ4n) is 4.34. The molecular weight excluding hydrogens is 388 g/mol. The van der Waals surface area contributed by atoms with Gasteiger partial charge in [-0.15, -0.1) is 11.3 Å². The highest BCUT2D eigenvalue weighted by Gasteiger charge is 2.27. The van der Waals surface area contributed by atoms with Crippen LogP contribution in [0.2, 0.25) is 0 Å². The van der Waals surface area contributed by atoms with Crippen LogP contribution < -0.4 is 5.32 Å². The summed E-state index contributed by atoms with van der Waals surface area (Å²) in [5.74, 6) is 0.790. The van der Waals surface area contributed by atoms with E-state index in [1.54, 1.807) is 17.5 Å². The first-order chi connectivity index (χ1) is 14.2. The molecule has 5 heterocycles. The SMILES string of the molecule is Cc1nc2sccn2c1CN1CCC(n2nccc2NC(=O)[C@H]2CCOC2)CC1. The molecule has 0 aliphatic carbocycles. The number of ether oxygens (including phenoxy) is 1. The Labute approximate surface area is 173 Å². The molecule has 2 aliphatic rings. The van der Waals surface area contributed by atoms with Crippen molar-refractivity contribution in [1.82, 2.24) is 24.1 Å². The van der Waals surface area contributed by atoms with E-state index < -0.39 is 0 Å². The lowest BCUT2D eigenvalue weighted by Crippen LogP contribution is -2.35. The molecule has 5 rings (SSSR count). The quantitative estimate of drug-likeness (QED) is 0.695. The zero-order chi connectivity index (χ0) is 19.8. The lowest BCUT2D eigenvalue weighted by molar-refractivity contribution is -0.119. The highest BCUT2D eigenvalue weighted by atomic mass is 32.1. The van der Waals surface area contributed by atoms with Gasteiger partial charge in [-0.1, -0.05) is 0 Å². The minimum atomic E-state index is -0.0481. The van der Waals surface area contributed by atoms with E-state index in [0.717, 1.165) is 55.4 Å². The predicted octanol–water partition coefficient (Wildman–Crippen LogP) is 2.71. The number of thiazole rings is 1. The lowest BCUT2D eigenvalue weighted by atomic mass is 10.0. The van der Waals surface area contributed by atoms with Crippen LogP contribution in [0.4, 0.5) is 5.82 Å². The van der Waals surface area contributed by atoms with Crippen LogP contribution in [0, 0.1) is 12.8 Å². The number of nitrogens with zero attached hydrogens (tertiary/aromatic N) is 5. The molecule has 8 nitrogen and oxygen atoms in total. The van der Waals surface area contributed by atoms with Gasteiger partial charge in [-0.3, -0.25) is 14.1 Å². The summed E-state index contributed by atoms with van der Waals surface area (Å²) in [5, 5.41) is 9.65. The Morgan fingerprint density at radius 1 is 1.34 bits per heavy atom. The second kappa shape index (κ2) is 7.89. The molecule has 0 spiro atoms. The first-order valence-corrected chi connectivity index (χ1v) is 11.1. The van der Waals surface area contributed by atoms with Crippen molar-refractivity contribution in [1.29, 1.82) is 0 Å². The maximum absolute atomic E-state index is 12.4. The van der Waals surface area contributed by atoms with Gasteiger partial charge < -0.3 is 10.1 Å². The molecule has 0 unspecified atom stereocenters. The summed E-state index contributed by atoms with van der Waals surface area (Å²) in [6, 6.07) is 2.20. The van der Waals surface area contributed by atoms with Crippen molar-refractivity contribution in [3.63, 3.8) is 0 Å². The van der Waals surface area contributed by atoms with Crippen LogP contribution in [-0.2, 0) is 16.1 Å². The number of likely N-dealkylation sites (tertiary alicyclic amines) is 1. The van der Waals surface area contributed by atoms with E-state index in [2.05, 4.69) is 43.2 Å². The minimum absolute atomic E-state index is 0.0395. The molecule has 0 bridgehead atoms. The Bertz CT molecular complexity index is 994. The smallest absolute Gasteiger partial charge is 0.231 e. The van der Waals surface area contributed by atoms with Gasteiger partial charge in [-0.2, -0.15) is 5.10 Å². The van der Waals surface area contributed by atoms with Crippen molar-refractivity contribution in [2.24, 2.45) is 5.92 Å². The van der Waals surface area contributed by atoms with Crippen molar-refractivity contribution in [2.45, 2.75) is 38.8 Å². The number of amides is 1. The minimum Gasteiger partial charge on any atom is -0.381 e. The number of anilines is 1. The third kappa shape index (κ3) is 3.70. The Morgan fingerprint density at radius 2 is 2.21 bits per heavy atom. The second-order valence-electron chi connectivity index (χ2n) is 7.92. The highest BCUT2D eigenvalue weighted by molar-refractivity contribution is 7.15. The van der Waals surface area contributed by atoms with Crippen molar-refractivity contribution >= 4 is 28.0 Å². The molecule has 1 N–H and O–H groups in total. The molecular formula is C20H26N6O2S. The summed E-state index contributed by atoms with van der Waals surface area (Å²) >= 11 is 1.68. The van der Waals surface area contributed by atoms with E-state index in [1.807, 2.05) is 10.7 Å². The zero-order valence-corrected chi connectivity index (χ0v) is 17.4. The third-order valence-electron chi connectivity index (χ3n) is 6.06. The van der Waals surface area contributed by atoms with Crippen molar-refractivity contribution in [2.75, 3.05) is 31.6 Å². The molecule has 0 saturated carbocycles. The van der Waals surface area contributed by atoms with Gasteiger partial charge in [0.15, 0.2) is 4.96 Å². The fraction of sp³-hybridized carbons (Fsp3) is 0.550. The second-order valence-corrected chi connectivity index (χ2v) is 8.79. The number of piperidine rings is 1. The maximum atomic E-state index is 12.4. The van der Waals surface area contributed by atoms with Crippen LogP contribution in [0.3, 0.4) is 0 Å². The first-order valence-electron chi connectivity index (χ1n) is 10.2. The summed E-state index contributed by atoms with van der Waals surface area (Å²) in [7, 11) is 0. The number of aromatic nitrogens is 4. The van der Waals surface area contributed by atoms with E-state index in [9.17, 15) is 4.79 Å². The van der Waals surface area contributed by atoms with Crippen molar-refractivity contribution in [3.05, 3.63) is 35.2 Å². The Kier molecular flexibility index (Phi) is 5.11. The molecule has 0 radical (unpaired) electrons. The molecule has 1 amide bonds. The van der Waals surface area contributed by atoms with Crippen LogP contribution in [-0.4, -0.2) is 56.3 Å². The molecule has 9 heteroatoms. The normalized spacial score (nSPS) is 21.2. The molecule has 3 aromatic rings. The zero-order valence-electron chi connectivity index (χ0n) is 16.6. The molecule has 0 aromatic carbocycles. The van der Waals surface area contributed by atoms with Crippen LogP contribution in [0.15, 0.2) is 23.8 Å². The molecule has 2 aliphatic heterocycles. The van der Waals surface area contributed by atoms with Gasteiger partial charge in [-0.05, 0) is 26.2 Å². The van der Waals surface area contributed by atoms with E-state index in [1.165, 1.54) is 5.69 Å². The first kappa shape index (κ1) is 18.8. The number of nitrogens with one attached hydrogen (secondary N) is 1. The average molecular weight is 415 g/mol. The van der Waals surface area contributed by atoms with Gasteiger partial charge in [0.2, 0.25) is 5.91 Å². The van der Waals surface area contributed by atoms with E-state index >= 15 is 0 Å². The van der Waals surface area contributed by atoms with Crippen LogP contribution in [0.1, 0.15) is 36.7 Å². The van der Waals surface area contributed by atoms with Gasteiger partial charge in [0.25, 0.3) is 0 Å². The topological polar surface area (TPSA) is 76.7 Å². The van der Waals surface area contributed by atoms with Crippen LogP contribution in [0.25, 0.3) is 4.96 Å². The predicted molar refractivity (Wildman–Crippen MR) is 111 cm³/mol. The molecule has 3 aromatic heterocycles. The van der Waals surface area contributed by atoms with Gasteiger partial charge in [0, 0.05) is 43.9 Å². The number of carbonyl (C=O) groups excluding carboxylic acids is 1. The van der Waals surface area contributed by atoms with Gasteiger partial charge in [0.1, 0.15) is 5.82 Å². The summed E-state index contributed by atoms with van der Waals surface area (Å²) < 4.78 is 9.53. The monoisotopic (exact) mass is 414 g/mol. The number of aryl methyl sites for hydroxylation is 1. The molecule has 1 atom stereocenters. The maximum Gasteiger partial charge on any atom is 0.231 e. The Morgan fingerprint density at radius 3 is 3.00 bits per heavy atom. The molecule has 2 saturated heterocycles. The number of fused-ring (bicyclic) bond motifs is 1. The summed E-state index contributed by atoms with van der Waals surface area (Å²) in [6.07, 6.45) is 6.71. The summed E-state index contributed by atoms with van der Waals surface area (Å²) in [4.78, 5) is 20.7. The number of carbonyl (C=O) groups is 1. The van der Waals surface area contributed by atoms with Gasteiger partial charge >= 0.3 is 0 Å². The number of imidazole rings is 1. The van der Waals surface area contributed by atoms with Gasteiger partial charge in [-0.25, -0.2) is 9.67 Å². The van der Waals surface area contributed by atoms with Gasteiger partial charge in [0.05, 0.1) is 36.2 Å². The highest BCUT2D eigenvalue weighted by Crippen LogP contribution is 2.28.